The lowest BCUT2D eigenvalue weighted by molar-refractivity contribution is -0.222. The second-order valence-corrected chi connectivity index (χ2v) is 0.815. The third-order valence-electron chi connectivity index (χ3n) is 0.400. The van der Waals surface area contributed by atoms with Crippen molar-refractivity contribution in [1.82, 2.24) is 0 Å². The van der Waals surface area contributed by atoms with Crippen LogP contribution in [0, 0.1) is 0 Å². The van der Waals surface area contributed by atoms with Gasteiger partial charge in [0.25, 0.3) is 0 Å². The van der Waals surface area contributed by atoms with E-state index in [1.54, 1.807) is 0 Å². The van der Waals surface area contributed by atoms with Crippen molar-refractivity contribution in [3.63, 3.8) is 0 Å². The Bertz CT molecular complexity index is 51.7. The first-order valence-electron chi connectivity index (χ1n) is 1.58. The molecule has 0 radical (unpaired) electrons. The van der Waals surface area contributed by atoms with Crippen LogP contribution in [0.2, 0.25) is 0 Å². The van der Waals surface area contributed by atoms with Crippen LogP contribution in [-0.4, -0.2) is 17.6 Å². The molecule has 7 heavy (non-hydrogen) atoms. The quantitative estimate of drug-likeness (QED) is 0.304. The highest BCUT2D eigenvalue weighted by atomic mass is 17.2. The minimum Gasteiger partial charge on any atom is -0.264 e. The molecule has 5 heteroatoms. The summed E-state index contributed by atoms with van der Waals surface area (Å²) in [6.45, 7) is 3.13. The molecule has 0 aliphatic carbocycles. The summed E-state index contributed by atoms with van der Waals surface area (Å²) in [5, 5.41) is 15.3. The second-order valence-electron chi connectivity index (χ2n) is 0.815. The van der Waals surface area contributed by atoms with Crippen molar-refractivity contribution in [3.8, 4) is 0 Å². The van der Waals surface area contributed by atoms with E-state index in [2.05, 4.69) is 16.2 Å². The van der Waals surface area contributed by atoms with Crippen LogP contribution in [-0.2, 0) is 9.61 Å². The van der Waals surface area contributed by atoms with Crippen LogP contribution >= 0.6 is 0 Å². The summed E-state index contributed by atoms with van der Waals surface area (Å²) in [5.41, 5.74) is 0. The first-order chi connectivity index (χ1) is 3.35. The molecule has 0 fully saturated rings. The molecule has 0 aromatic heterocycles. The van der Waals surface area contributed by atoms with Gasteiger partial charge >= 0.3 is 7.12 Å². The fraction of sp³-hybridized carbons (Fsp3) is 0. The van der Waals surface area contributed by atoms with Crippen LogP contribution in [0.1, 0.15) is 0 Å². The molecule has 0 atom stereocenters. The van der Waals surface area contributed by atoms with Gasteiger partial charge in [0.05, 0.1) is 0 Å². The summed E-state index contributed by atoms with van der Waals surface area (Å²) in [4.78, 5) is 6.92. The molecule has 0 aliphatic rings. The first-order valence-corrected chi connectivity index (χ1v) is 1.58. The van der Waals surface area contributed by atoms with Crippen LogP contribution in [0.5, 0.6) is 0 Å². The minimum absolute atomic E-state index is 1.08. The highest BCUT2D eigenvalue weighted by Gasteiger charge is 2.10. The van der Waals surface area contributed by atoms with E-state index in [9.17, 15) is 0 Å². The Morgan fingerprint density at radius 2 is 1.86 bits per heavy atom. The summed E-state index contributed by atoms with van der Waals surface area (Å²) >= 11 is 0. The number of hydrogen-bond donors (Lipinski definition) is 2. The van der Waals surface area contributed by atoms with Crippen LogP contribution in [0.4, 0.5) is 0 Å². The van der Waals surface area contributed by atoms with Crippen molar-refractivity contribution in [2.45, 2.75) is 0 Å². The fourth-order valence-corrected chi connectivity index (χ4v) is 0.105. The maximum atomic E-state index is 7.67. The molecule has 0 rings (SSSR count). The van der Waals surface area contributed by atoms with Gasteiger partial charge in [0, 0.05) is 0 Å². The highest BCUT2D eigenvalue weighted by molar-refractivity contribution is 6.49. The van der Waals surface area contributed by atoms with Crippen LogP contribution in [0.15, 0.2) is 12.6 Å². The Morgan fingerprint density at radius 3 is 1.86 bits per heavy atom. The van der Waals surface area contributed by atoms with Crippen LogP contribution in [0.3, 0.4) is 0 Å². The second kappa shape index (κ2) is 3.82. The molecule has 0 aliphatic heterocycles. The lowest BCUT2D eigenvalue weighted by Gasteiger charge is -1.93. The molecule has 2 N–H and O–H groups in total. The molecule has 0 aromatic carbocycles. The topological polar surface area (TPSA) is 58.9 Å². The van der Waals surface area contributed by atoms with Crippen molar-refractivity contribution in [1.29, 1.82) is 0 Å². The number of rotatable bonds is 3. The van der Waals surface area contributed by atoms with Gasteiger partial charge in [0.1, 0.15) is 0 Å². The third kappa shape index (κ3) is 2.35. The largest absolute Gasteiger partial charge is 0.546 e. The Balaban J connectivity index is 3.16. The number of hydrogen-bond acceptors (Lipinski definition) is 4. The summed E-state index contributed by atoms with van der Waals surface area (Å²) in [6, 6.07) is 0. The lowest BCUT2D eigenvalue weighted by atomic mass is 9.93. The van der Waals surface area contributed by atoms with Gasteiger partial charge in [-0.25, -0.2) is 0 Å². The molecule has 0 saturated heterocycles. The van der Waals surface area contributed by atoms with Gasteiger partial charge < -0.3 is 0 Å². The third-order valence-corrected chi connectivity index (χ3v) is 0.400. The summed E-state index contributed by atoms with van der Waals surface area (Å²) in [6.07, 6.45) is 0. The highest BCUT2D eigenvalue weighted by Crippen LogP contribution is 1.80. The molecule has 0 spiro atoms. The Labute approximate surface area is 41.0 Å². The molecule has 0 unspecified atom stereocenters. The van der Waals surface area contributed by atoms with E-state index >= 15 is 0 Å². The van der Waals surface area contributed by atoms with E-state index in [4.69, 9.17) is 10.5 Å². The van der Waals surface area contributed by atoms with E-state index < -0.39 is 7.12 Å². The van der Waals surface area contributed by atoms with Crippen molar-refractivity contribution in [3.05, 3.63) is 12.6 Å². The molecular formula is C2H5BO4. The summed E-state index contributed by atoms with van der Waals surface area (Å²) < 4.78 is 0. The van der Waals surface area contributed by atoms with Gasteiger partial charge in [-0.2, -0.15) is 0 Å². The zero-order valence-corrected chi connectivity index (χ0v) is 3.57. The van der Waals surface area contributed by atoms with Gasteiger partial charge in [-0.05, 0) is 0 Å². The maximum Gasteiger partial charge on any atom is 0.546 e. The molecule has 0 aromatic rings. The first kappa shape index (κ1) is 6.64. The van der Waals surface area contributed by atoms with Gasteiger partial charge in [0.15, 0.2) is 0 Å². The van der Waals surface area contributed by atoms with Crippen molar-refractivity contribution >= 4 is 7.12 Å². The van der Waals surface area contributed by atoms with E-state index in [1.165, 1.54) is 0 Å². The normalized spacial score (nSPS) is 8.29. The Morgan fingerprint density at radius 1 is 1.43 bits per heavy atom. The molecule has 40 valence electrons. The van der Waals surface area contributed by atoms with Crippen molar-refractivity contribution < 1.29 is 20.1 Å². The molecular weight excluding hydrogens is 98.8 g/mol. The lowest BCUT2D eigenvalue weighted by Crippen LogP contribution is -2.15. The average molecular weight is 104 g/mol. The molecule has 0 heterocycles. The predicted octanol–water partition coefficient (Wildman–Crippen LogP) is 0.179. The van der Waals surface area contributed by atoms with Crippen LogP contribution < -0.4 is 0 Å². The zero-order chi connectivity index (χ0) is 5.70. The van der Waals surface area contributed by atoms with Gasteiger partial charge in [-0.3, -0.25) is 20.1 Å². The molecule has 4 nitrogen and oxygen atoms in total. The monoisotopic (exact) mass is 104 g/mol. The van der Waals surface area contributed by atoms with Crippen LogP contribution in [0.25, 0.3) is 0 Å². The maximum absolute atomic E-state index is 7.67. The molecule has 0 bridgehead atoms. The standard InChI is InChI=1S/C2H5BO4/c1-2-3(6-4)7-5/h2,4-5H,1H2. The average Bonchev–Trinajstić information content (AvgIpc) is 1.72. The Hall–Kier alpha value is -0.355. The SMILES string of the molecule is C=CB(OO)OO. The smallest absolute Gasteiger partial charge is 0.264 e. The van der Waals surface area contributed by atoms with E-state index in [0.717, 1.165) is 5.98 Å². The van der Waals surface area contributed by atoms with Crippen molar-refractivity contribution in [2.24, 2.45) is 0 Å². The Kier molecular flexibility index (Phi) is 3.63. The zero-order valence-electron chi connectivity index (χ0n) is 3.57. The fourth-order valence-electron chi connectivity index (χ4n) is 0.105. The summed E-state index contributed by atoms with van der Waals surface area (Å²) in [7, 11) is -1.14. The van der Waals surface area contributed by atoms with Gasteiger partial charge in [-0.1, -0.05) is 5.98 Å². The predicted molar refractivity (Wildman–Crippen MR) is 23.4 cm³/mol. The van der Waals surface area contributed by atoms with E-state index in [1.807, 2.05) is 0 Å². The molecule has 0 saturated carbocycles. The van der Waals surface area contributed by atoms with E-state index in [-0.39, 0.29) is 0 Å². The van der Waals surface area contributed by atoms with Gasteiger partial charge in [0.2, 0.25) is 0 Å². The summed E-state index contributed by atoms with van der Waals surface area (Å²) in [5.74, 6) is 1.08. The minimum atomic E-state index is -1.14. The molecule has 0 amide bonds. The van der Waals surface area contributed by atoms with E-state index in [0.29, 0.717) is 0 Å². The van der Waals surface area contributed by atoms with Crippen molar-refractivity contribution in [2.75, 3.05) is 0 Å². The van der Waals surface area contributed by atoms with Gasteiger partial charge in [-0.15, -0.1) is 6.58 Å².